The van der Waals surface area contributed by atoms with Gasteiger partial charge in [0.15, 0.2) is 0 Å². The highest BCUT2D eigenvalue weighted by Gasteiger charge is 2.26. The van der Waals surface area contributed by atoms with Gasteiger partial charge in [0.05, 0.1) is 34.4 Å². The molecule has 0 aliphatic rings. The van der Waals surface area contributed by atoms with Crippen molar-refractivity contribution in [2.75, 3.05) is 54.1 Å². The molecule has 0 spiro atoms. The van der Waals surface area contributed by atoms with Crippen LogP contribution in [0.4, 0.5) is 0 Å². The van der Waals surface area contributed by atoms with Crippen molar-refractivity contribution in [2.24, 2.45) is 0 Å². The van der Waals surface area contributed by atoms with Crippen molar-refractivity contribution in [2.45, 2.75) is 232 Å². The van der Waals surface area contributed by atoms with Gasteiger partial charge in [0.2, 0.25) is 0 Å². The lowest BCUT2D eigenvalue weighted by atomic mass is 10.0. The van der Waals surface area contributed by atoms with Crippen molar-refractivity contribution in [1.29, 1.82) is 0 Å². The number of phosphoric ester groups is 1. The Morgan fingerprint density at radius 3 is 1.22 bits per heavy atom. The fourth-order valence-electron chi connectivity index (χ4n) is 6.79. The van der Waals surface area contributed by atoms with Gasteiger partial charge in [-0.2, -0.15) is 0 Å². The zero-order valence-corrected chi connectivity index (χ0v) is 37.6. The SMILES string of the molecule is CCCCCCCCCCCCCCCCCCCCCCCCCCCCOCC(COP(=O)(O)OCC[N+](C)(C)C)OC(=O)CCCCCCCC. The summed E-state index contributed by atoms with van der Waals surface area (Å²) >= 11 is 0. The van der Waals surface area contributed by atoms with Crippen LogP contribution in [0.25, 0.3) is 0 Å². The number of ether oxygens (including phenoxy) is 2. The van der Waals surface area contributed by atoms with Gasteiger partial charge < -0.3 is 18.9 Å². The maximum absolute atomic E-state index is 12.5. The van der Waals surface area contributed by atoms with E-state index in [0.29, 0.717) is 24.1 Å². The predicted octanol–water partition coefficient (Wildman–Crippen LogP) is 13.7. The third kappa shape index (κ3) is 42.6. The molecule has 8 nitrogen and oxygen atoms in total. The van der Waals surface area contributed by atoms with Crippen molar-refractivity contribution in [3.05, 3.63) is 0 Å². The van der Waals surface area contributed by atoms with Gasteiger partial charge in [0.25, 0.3) is 0 Å². The fraction of sp³-hybridized carbons (Fsp3) is 0.978. The summed E-state index contributed by atoms with van der Waals surface area (Å²) in [6.45, 7) is 5.61. The van der Waals surface area contributed by atoms with Gasteiger partial charge in [-0.3, -0.25) is 13.8 Å². The Morgan fingerprint density at radius 1 is 0.500 bits per heavy atom. The molecule has 9 heteroatoms. The van der Waals surface area contributed by atoms with Crippen molar-refractivity contribution >= 4 is 13.8 Å². The van der Waals surface area contributed by atoms with E-state index in [9.17, 15) is 14.3 Å². The molecular weight excluding hydrogens is 697 g/mol. The molecule has 0 aromatic rings. The summed E-state index contributed by atoms with van der Waals surface area (Å²) in [4.78, 5) is 22.6. The van der Waals surface area contributed by atoms with E-state index in [2.05, 4.69) is 13.8 Å². The van der Waals surface area contributed by atoms with Gasteiger partial charge in [0, 0.05) is 13.0 Å². The molecule has 0 saturated carbocycles. The first-order valence-electron chi connectivity index (χ1n) is 23.3. The lowest BCUT2D eigenvalue weighted by Gasteiger charge is -2.24. The molecule has 54 heavy (non-hydrogen) atoms. The Balaban J connectivity index is 3.83. The van der Waals surface area contributed by atoms with E-state index in [1.807, 2.05) is 21.1 Å². The second-order valence-corrected chi connectivity index (χ2v) is 18.6. The maximum Gasteiger partial charge on any atom is 0.472 e. The molecule has 0 amide bonds. The summed E-state index contributed by atoms with van der Waals surface area (Å²) in [5.41, 5.74) is 0. The Kier molecular flexibility index (Phi) is 39.0. The fourth-order valence-corrected chi connectivity index (χ4v) is 7.53. The van der Waals surface area contributed by atoms with Crippen LogP contribution in [0.2, 0.25) is 0 Å². The number of carbonyl (C=O) groups is 1. The second-order valence-electron chi connectivity index (χ2n) is 17.2. The van der Waals surface area contributed by atoms with Crippen LogP contribution < -0.4 is 0 Å². The Labute approximate surface area is 336 Å². The van der Waals surface area contributed by atoms with E-state index in [1.54, 1.807) is 0 Å². The van der Waals surface area contributed by atoms with Crippen molar-refractivity contribution in [3.63, 3.8) is 0 Å². The number of hydrogen-bond acceptors (Lipinski definition) is 6. The standard InChI is InChI=1S/C45H92NO7P/c1-6-8-10-12-14-15-16-17-18-19-20-21-22-23-24-25-26-27-28-29-30-31-32-33-35-37-40-50-42-44(53-45(47)38-36-34-13-11-9-7-2)43-52-54(48,49)51-41-39-46(3,4)5/h44H,6-43H2,1-5H3/p+1. The van der Waals surface area contributed by atoms with Gasteiger partial charge in [-0.15, -0.1) is 0 Å². The zero-order valence-electron chi connectivity index (χ0n) is 36.7. The van der Waals surface area contributed by atoms with Crippen LogP contribution in [0.1, 0.15) is 226 Å². The van der Waals surface area contributed by atoms with Crippen molar-refractivity contribution in [1.82, 2.24) is 0 Å². The number of hydrogen-bond donors (Lipinski definition) is 1. The monoisotopic (exact) mass is 791 g/mol. The summed E-state index contributed by atoms with van der Waals surface area (Å²) in [5.74, 6) is -0.318. The first-order chi connectivity index (χ1) is 26.1. The number of carbonyl (C=O) groups excluding carboxylic acids is 1. The first-order valence-corrected chi connectivity index (χ1v) is 24.8. The van der Waals surface area contributed by atoms with E-state index < -0.39 is 13.9 Å². The highest BCUT2D eigenvalue weighted by molar-refractivity contribution is 7.47. The summed E-state index contributed by atoms with van der Waals surface area (Å²) in [7, 11) is 1.68. The smallest absolute Gasteiger partial charge is 0.457 e. The van der Waals surface area contributed by atoms with Crippen molar-refractivity contribution in [3.8, 4) is 0 Å². The topological polar surface area (TPSA) is 91.3 Å². The molecule has 0 heterocycles. The first kappa shape index (κ1) is 53.5. The molecule has 2 unspecified atom stereocenters. The molecule has 324 valence electrons. The third-order valence-electron chi connectivity index (χ3n) is 10.4. The molecule has 0 aliphatic carbocycles. The summed E-state index contributed by atoms with van der Waals surface area (Å²) < 4.78 is 34.8. The molecule has 0 aromatic carbocycles. The van der Waals surface area contributed by atoms with E-state index in [1.165, 1.54) is 173 Å². The number of phosphoric acid groups is 1. The largest absolute Gasteiger partial charge is 0.472 e. The van der Waals surface area contributed by atoms with Gasteiger partial charge >= 0.3 is 13.8 Å². The molecule has 0 aromatic heterocycles. The van der Waals surface area contributed by atoms with E-state index in [0.717, 1.165) is 32.1 Å². The van der Waals surface area contributed by atoms with Crippen LogP contribution in [0, 0.1) is 0 Å². The highest BCUT2D eigenvalue weighted by atomic mass is 31.2. The van der Waals surface area contributed by atoms with Crippen LogP contribution in [0.3, 0.4) is 0 Å². The van der Waals surface area contributed by atoms with Gasteiger partial charge in [-0.1, -0.05) is 206 Å². The second kappa shape index (κ2) is 39.3. The highest BCUT2D eigenvalue weighted by Crippen LogP contribution is 2.43. The summed E-state index contributed by atoms with van der Waals surface area (Å²) in [6, 6.07) is 0. The van der Waals surface area contributed by atoms with E-state index in [4.69, 9.17) is 18.5 Å². The molecule has 0 rings (SSSR count). The lowest BCUT2D eigenvalue weighted by molar-refractivity contribution is -0.870. The average Bonchev–Trinajstić information content (AvgIpc) is 3.12. The lowest BCUT2D eigenvalue weighted by Crippen LogP contribution is -2.37. The minimum Gasteiger partial charge on any atom is -0.457 e. The van der Waals surface area contributed by atoms with Crippen molar-refractivity contribution < 1.29 is 37.3 Å². The number of unbranched alkanes of at least 4 members (excludes halogenated alkanes) is 30. The average molecular weight is 791 g/mol. The molecule has 0 bridgehead atoms. The summed E-state index contributed by atoms with van der Waals surface area (Å²) in [5, 5.41) is 0. The van der Waals surface area contributed by atoms with Crippen LogP contribution in [0.15, 0.2) is 0 Å². The molecule has 0 aliphatic heterocycles. The van der Waals surface area contributed by atoms with Gasteiger partial charge in [-0.05, 0) is 12.8 Å². The van der Waals surface area contributed by atoms with Crippen LogP contribution in [-0.4, -0.2) is 75.6 Å². The maximum atomic E-state index is 12.5. The Bertz CT molecular complexity index is 837. The van der Waals surface area contributed by atoms with Crippen LogP contribution in [-0.2, 0) is 27.9 Å². The molecule has 0 saturated heterocycles. The zero-order chi connectivity index (χ0) is 39.9. The number of likely N-dealkylation sites (N-methyl/N-ethyl adjacent to an activating group) is 1. The summed E-state index contributed by atoms with van der Waals surface area (Å²) in [6.07, 6.45) is 41.9. The molecular formula is C45H93NO7P+. The Hall–Kier alpha value is -0.500. The molecule has 0 fully saturated rings. The number of quaternary nitrogens is 1. The number of esters is 1. The molecule has 0 radical (unpaired) electrons. The number of nitrogens with zero attached hydrogens (tertiary/aromatic N) is 1. The van der Waals surface area contributed by atoms with Crippen LogP contribution in [0.5, 0.6) is 0 Å². The van der Waals surface area contributed by atoms with Crippen LogP contribution >= 0.6 is 7.82 Å². The molecule has 2 atom stereocenters. The van der Waals surface area contributed by atoms with Gasteiger partial charge in [0.1, 0.15) is 19.3 Å². The van der Waals surface area contributed by atoms with Gasteiger partial charge in [-0.25, -0.2) is 4.57 Å². The third-order valence-corrected chi connectivity index (χ3v) is 11.4. The molecule has 1 N–H and O–H groups in total. The minimum absolute atomic E-state index is 0.0931. The quantitative estimate of drug-likeness (QED) is 0.0284. The number of rotatable bonds is 44. The normalized spacial score (nSPS) is 13.7. The van der Waals surface area contributed by atoms with E-state index >= 15 is 0 Å². The predicted molar refractivity (Wildman–Crippen MR) is 229 cm³/mol. The Morgan fingerprint density at radius 2 is 0.852 bits per heavy atom. The minimum atomic E-state index is -4.26. The van der Waals surface area contributed by atoms with E-state index in [-0.39, 0.29) is 25.8 Å².